The van der Waals surface area contributed by atoms with Gasteiger partial charge in [-0.05, 0) is 25.1 Å². The van der Waals surface area contributed by atoms with Gasteiger partial charge >= 0.3 is 0 Å². The van der Waals surface area contributed by atoms with E-state index in [2.05, 4.69) is 24.8 Å². The molecule has 0 unspecified atom stereocenters. The molecule has 3 aromatic rings. The first-order valence-corrected chi connectivity index (χ1v) is 8.27. The largest absolute Gasteiger partial charge is 0.337 e. The van der Waals surface area contributed by atoms with Gasteiger partial charge in [0.05, 0.1) is 16.7 Å². The summed E-state index contributed by atoms with van der Waals surface area (Å²) in [7, 11) is 0. The van der Waals surface area contributed by atoms with Crippen LogP contribution in [0, 0.1) is 6.92 Å². The van der Waals surface area contributed by atoms with E-state index in [1.807, 2.05) is 36.1 Å². The molecule has 7 nitrogen and oxygen atoms in total. The number of carbonyl (C=O) groups is 1. The normalized spacial score (nSPS) is 14.8. The maximum Gasteiger partial charge on any atom is 0.274 e. The molecule has 25 heavy (non-hydrogen) atoms. The fourth-order valence-electron chi connectivity index (χ4n) is 3.00. The molecule has 2 aromatic heterocycles. The Morgan fingerprint density at radius 2 is 1.56 bits per heavy atom. The van der Waals surface area contributed by atoms with Gasteiger partial charge < -0.3 is 9.80 Å². The van der Waals surface area contributed by atoms with Gasteiger partial charge in [-0.15, -0.1) is 0 Å². The number of hydrogen-bond acceptors (Lipinski definition) is 6. The molecule has 3 heterocycles. The van der Waals surface area contributed by atoms with Crippen LogP contribution in [0.25, 0.3) is 11.0 Å². The lowest BCUT2D eigenvalue weighted by atomic mass is 10.2. The molecule has 4 rings (SSSR count). The van der Waals surface area contributed by atoms with Crippen LogP contribution in [-0.4, -0.2) is 56.9 Å². The lowest BCUT2D eigenvalue weighted by molar-refractivity contribution is 0.0739. The monoisotopic (exact) mass is 334 g/mol. The molecule has 7 heteroatoms. The number of para-hydroxylation sites is 2. The number of aryl methyl sites for hydroxylation is 1. The standard InChI is InChI=1S/C18H18N6O/c1-13-16(22-15-6-3-2-5-14(15)21-13)17(25)23-9-11-24(12-10-23)18-19-7-4-8-20-18/h2-8H,9-12H2,1H3. The van der Waals surface area contributed by atoms with E-state index in [0.29, 0.717) is 43.5 Å². The Kier molecular flexibility index (Phi) is 3.97. The third-order valence-electron chi connectivity index (χ3n) is 4.35. The highest BCUT2D eigenvalue weighted by Crippen LogP contribution is 2.16. The molecule has 0 saturated carbocycles. The van der Waals surface area contributed by atoms with Crippen molar-refractivity contribution in [3.63, 3.8) is 0 Å². The number of nitrogens with zero attached hydrogens (tertiary/aromatic N) is 6. The maximum absolute atomic E-state index is 12.9. The summed E-state index contributed by atoms with van der Waals surface area (Å²) in [5, 5.41) is 0. The van der Waals surface area contributed by atoms with Crippen molar-refractivity contribution < 1.29 is 4.79 Å². The van der Waals surface area contributed by atoms with Gasteiger partial charge in [0.15, 0.2) is 0 Å². The van der Waals surface area contributed by atoms with Gasteiger partial charge in [0, 0.05) is 38.6 Å². The number of piperazine rings is 1. The molecule has 1 aromatic carbocycles. The zero-order valence-electron chi connectivity index (χ0n) is 14.0. The summed E-state index contributed by atoms with van der Waals surface area (Å²) in [5.41, 5.74) is 2.65. The second-order valence-corrected chi connectivity index (χ2v) is 5.97. The number of rotatable bonds is 2. The number of hydrogen-bond donors (Lipinski definition) is 0. The van der Waals surface area contributed by atoms with Crippen LogP contribution in [0.4, 0.5) is 5.95 Å². The van der Waals surface area contributed by atoms with E-state index in [4.69, 9.17) is 0 Å². The molecule has 0 N–H and O–H groups in total. The average molecular weight is 334 g/mol. The molecule has 1 aliphatic heterocycles. The summed E-state index contributed by atoms with van der Waals surface area (Å²) in [6, 6.07) is 9.40. The van der Waals surface area contributed by atoms with E-state index in [1.54, 1.807) is 18.5 Å². The molecule has 126 valence electrons. The van der Waals surface area contributed by atoms with E-state index in [0.717, 1.165) is 11.0 Å². The van der Waals surface area contributed by atoms with E-state index in [-0.39, 0.29) is 5.91 Å². The quantitative estimate of drug-likeness (QED) is 0.710. The summed E-state index contributed by atoms with van der Waals surface area (Å²) < 4.78 is 0. The fraction of sp³-hybridized carbons (Fsp3) is 0.278. The number of amides is 1. The molecule has 0 radical (unpaired) electrons. The average Bonchev–Trinajstić information content (AvgIpc) is 2.68. The van der Waals surface area contributed by atoms with Gasteiger partial charge in [0.25, 0.3) is 5.91 Å². The number of anilines is 1. The lowest BCUT2D eigenvalue weighted by Crippen LogP contribution is -2.49. The summed E-state index contributed by atoms with van der Waals surface area (Å²) >= 11 is 0. The van der Waals surface area contributed by atoms with E-state index in [1.165, 1.54) is 0 Å². The van der Waals surface area contributed by atoms with E-state index >= 15 is 0 Å². The summed E-state index contributed by atoms with van der Waals surface area (Å²) in [4.78, 5) is 34.4. The van der Waals surface area contributed by atoms with Crippen molar-refractivity contribution in [1.82, 2.24) is 24.8 Å². The Bertz CT molecular complexity index is 906. The molecule has 0 spiro atoms. The Morgan fingerprint density at radius 3 is 2.24 bits per heavy atom. The molecule has 1 saturated heterocycles. The van der Waals surface area contributed by atoms with Crippen molar-refractivity contribution in [2.45, 2.75) is 6.92 Å². The van der Waals surface area contributed by atoms with Crippen LogP contribution >= 0.6 is 0 Å². The van der Waals surface area contributed by atoms with Crippen LogP contribution in [0.2, 0.25) is 0 Å². The maximum atomic E-state index is 12.9. The van der Waals surface area contributed by atoms with Crippen molar-refractivity contribution in [2.24, 2.45) is 0 Å². The minimum absolute atomic E-state index is 0.0654. The topological polar surface area (TPSA) is 75.1 Å². The number of benzene rings is 1. The van der Waals surface area contributed by atoms with Crippen LogP contribution in [0.5, 0.6) is 0 Å². The van der Waals surface area contributed by atoms with Crippen LogP contribution < -0.4 is 4.90 Å². The van der Waals surface area contributed by atoms with Gasteiger partial charge in [0.2, 0.25) is 5.95 Å². The van der Waals surface area contributed by atoms with E-state index in [9.17, 15) is 4.79 Å². The molecular weight excluding hydrogens is 316 g/mol. The Balaban J connectivity index is 1.52. The molecule has 0 atom stereocenters. The fourth-order valence-corrected chi connectivity index (χ4v) is 3.00. The van der Waals surface area contributed by atoms with Gasteiger partial charge in [-0.1, -0.05) is 12.1 Å². The first-order chi connectivity index (χ1) is 12.2. The van der Waals surface area contributed by atoms with Crippen molar-refractivity contribution in [3.05, 3.63) is 54.1 Å². The second-order valence-electron chi connectivity index (χ2n) is 5.97. The van der Waals surface area contributed by atoms with E-state index < -0.39 is 0 Å². The highest BCUT2D eigenvalue weighted by molar-refractivity contribution is 5.95. The molecule has 1 fully saturated rings. The molecule has 1 aliphatic rings. The SMILES string of the molecule is Cc1nc2ccccc2nc1C(=O)N1CCN(c2ncccn2)CC1. The van der Waals surface area contributed by atoms with Crippen LogP contribution in [-0.2, 0) is 0 Å². The smallest absolute Gasteiger partial charge is 0.274 e. The molecule has 0 bridgehead atoms. The van der Waals surface area contributed by atoms with Crippen molar-refractivity contribution in [1.29, 1.82) is 0 Å². The minimum atomic E-state index is -0.0654. The third-order valence-corrected chi connectivity index (χ3v) is 4.35. The molecule has 1 amide bonds. The summed E-state index contributed by atoms with van der Waals surface area (Å²) in [5.74, 6) is 0.639. The van der Waals surface area contributed by atoms with Crippen LogP contribution in [0.15, 0.2) is 42.7 Å². The summed E-state index contributed by atoms with van der Waals surface area (Å²) in [6.07, 6.45) is 3.46. The highest BCUT2D eigenvalue weighted by Gasteiger charge is 2.25. The van der Waals surface area contributed by atoms with Gasteiger partial charge in [-0.3, -0.25) is 4.79 Å². The number of aromatic nitrogens is 4. The van der Waals surface area contributed by atoms with Gasteiger partial charge in [-0.25, -0.2) is 19.9 Å². The van der Waals surface area contributed by atoms with Crippen LogP contribution in [0.3, 0.4) is 0 Å². The Morgan fingerprint density at radius 1 is 0.920 bits per heavy atom. The summed E-state index contributed by atoms with van der Waals surface area (Å²) in [6.45, 7) is 4.47. The highest BCUT2D eigenvalue weighted by atomic mass is 16.2. The molecule has 0 aliphatic carbocycles. The van der Waals surface area contributed by atoms with Crippen molar-refractivity contribution in [2.75, 3.05) is 31.1 Å². The Hall–Kier alpha value is -3.09. The third kappa shape index (κ3) is 3.00. The number of carbonyl (C=O) groups excluding carboxylic acids is 1. The Labute approximate surface area is 145 Å². The van der Waals surface area contributed by atoms with Gasteiger partial charge in [0.1, 0.15) is 5.69 Å². The van der Waals surface area contributed by atoms with Gasteiger partial charge in [-0.2, -0.15) is 0 Å². The number of fused-ring (bicyclic) bond motifs is 1. The molecular formula is C18H18N6O. The first-order valence-electron chi connectivity index (χ1n) is 8.27. The van der Waals surface area contributed by atoms with Crippen molar-refractivity contribution >= 4 is 22.9 Å². The minimum Gasteiger partial charge on any atom is -0.337 e. The predicted octanol–water partition coefficient (Wildman–Crippen LogP) is 1.69. The predicted molar refractivity (Wildman–Crippen MR) is 94.4 cm³/mol. The zero-order chi connectivity index (χ0) is 17.2. The van der Waals surface area contributed by atoms with Crippen LogP contribution in [0.1, 0.15) is 16.2 Å². The lowest BCUT2D eigenvalue weighted by Gasteiger charge is -2.34. The van der Waals surface area contributed by atoms with Crippen molar-refractivity contribution in [3.8, 4) is 0 Å². The zero-order valence-corrected chi connectivity index (χ0v) is 14.0. The first kappa shape index (κ1) is 15.4. The second kappa shape index (κ2) is 6.43.